The van der Waals surface area contributed by atoms with Gasteiger partial charge in [0.1, 0.15) is 18.1 Å². The molecule has 3 nitrogen and oxygen atoms in total. The highest BCUT2D eigenvalue weighted by atomic mass is 16.5. The number of aldehydes is 1. The molecule has 66 valence electrons. The van der Waals surface area contributed by atoms with Crippen molar-refractivity contribution in [2.24, 2.45) is 0 Å². The van der Waals surface area contributed by atoms with Gasteiger partial charge in [-0.3, -0.25) is 0 Å². The molecule has 0 unspecified atom stereocenters. The number of carbonyl (C=O) groups excluding carboxylic acids is 1. The molecule has 0 amide bonds. The summed E-state index contributed by atoms with van der Waals surface area (Å²) in [5.41, 5.74) is 0.494. The average Bonchev–Trinajstić information content (AvgIpc) is 2.19. The van der Waals surface area contributed by atoms with Gasteiger partial charge in [0.2, 0.25) is 0 Å². The van der Waals surface area contributed by atoms with Crippen molar-refractivity contribution >= 4 is 6.29 Å². The number of carbonyl (C=O) groups is 1. The topological polar surface area (TPSA) is 50.1 Å². The van der Waals surface area contributed by atoms with Crippen LogP contribution in [-0.2, 0) is 4.79 Å². The lowest BCUT2D eigenvalue weighted by Gasteiger charge is -2.04. The molecule has 0 aliphatic heterocycles. The minimum absolute atomic E-state index is 0.322. The van der Waals surface area contributed by atoms with Crippen LogP contribution in [0.15, 0.2) is 24.3 Å². The van der Waals surface area contributed by atoms with Crippen LogP contribution in [0.3, 0.4) is 0 Å². The average molecular weight is 175 g/mol. The summed E-state index contributed by atoms with van der Waals surface area (Å²) in [6, 6.07) is 8.96. The summed E-state index contributed by atoms with van der Waals surface area (Å²) < 4.78 is 5.21. The molecule has 0 radical (unpaired) electrons. The van der Waals surface area contributed by atoms with Gasteiger partial charge in [0, 0.05) is 6.42 Å². The number of nitrogens with zero attached hydrogens (tertiary/aromatic N) is 1. The highest BCUT2D eigenvalue weighted by molar-refractivity contribution is 5.49. The summed E-state index contributed by atoms with van der Waals surface area (Å²) in [6.07, 6.45) is 1.13. The van der Waals surface area contributed by atoms with Gasteiger partial charge in [0.15, 0.2) is 0 Å². The van der Waals surface area contributed by atoms with Crippen molar-refractivity contribution < 1.29 is 9.53 Å². The van der Waals surface area contributed by atoms with E-state index in [0.29, 0.717) is 24.3 Å². The lowest BCUT2D eigenvalue weighted by atomic mass is 10.2. The fourth-order valence-electron chi connectivity index (χ4n) is 0.902. The van der Waals surface area contributed by atoms with E-state index in [9.17, 15) is 4.79 Å². The number of para-hydroxylation sites is 1. The first-order valence-electron chi connectivity index (χ1n) is 3.94. The third-order valence-corrected chi connectivity index (χ3v) is 1.50. The Labute approximate surface area is 76.6 Å². The molecule has 1 aromatic rings. The van der Waals surface area contributed by atoms with E-state index >= 15 is 0 Å². The second kappa shape index (κ2) is 4.94. The van der Waals surface area contributed by atoms with E-state index in [1.54, 1.807) is 24.3 Å². The lowest BCUT2D eigenvalue weighted by Crippen LogP contribution is -1.98. The summed E-state index contributed by atoms with van der Waals surface area (Å²) in [5.74, 6) is 0.534. The third kappa shape index (κ3) is 2.60. The monoisotopic (exact) mass is 175 g/mol. The zero-order valence-corrected chi connectivity index (χ0v) is 7.06. The maximum absolute atomic E-state index is 10.0. The lowest BCUT2D eigenvalue weighted by molar-refractivity contribution is -0.108. The maximum atomic E-state index is 10.0. The molecule has 1 rings (SSSR count). The molecule has 0 saturated carbocycles. The van der Waals surface area contributed by atoms with Crippen LogP contribution in [0.1, 0.15) is 12.0 Å². The molecule has 0 aliphatic rings. The van der Waals surface area contributed by atoms with Gasteiger partial charge in [-0.05, 0) is 12.1 Å². The van der Waals surface area contributed by atoms with Crippen molar-refractivity contribution in [3.8, 4) is 11.8 Å². The van der Waals surface area contributed by atoms with Crippen LogP contribution in [-0.4, -0.2) is 12.9 Å². The van der Waals surface area contributed by atoms with Crippen molar-refractivity contribution in [3.05, 3.63) is 29.8 Å². The van der Waals surface area contributed by atoms with Crippen LogP contribution in [0.5, 0.6) is 5.75 Å². The van der Waals surface area contributed by atoms with Gasteiger partial charge in [-0.15, -0.1) is 0 Å². The molecule has 1 aromatic carbocycles. The van der Waals surface area contributed by atoms with Crippen molar-refractivity contribution in [3.63, 3.8) is 0 Å². The minimum atomic E-state index is 0.322. The number of ether oxygens (including phenoxy) is 1. The van der Waals surface area contributed by atoms with Crippen LogP contribution in [0, 0.1) is 11.3 Å². The number of hydrogen-bond acceptors (Lipinski definition) is 3. The van der Waals surface area contributed by atoms with Gasteiger partial charge in [-0.25, -0.2) is 0 Å². The van der Waals surface area contributed by atoms with E-state index in [1.165, 1.54) is 0 Å². The zero-order chi connectivity index (χ0) is 9.52. The smallest absolute Gasteiger partial charge is 0.137 e. The molecular weight excluding hydrogens is 166 g/mol. The second-order valence-electron chi connectivity index (χ2n) is 2.41. The number of hydrogen-bond donors (Lipinski definition) is 0. The predicted octanol–water partition coefficient (Wildman–Crippen LogP) is 1.53. The summed E-state index contributed by atoms with van der Waals surface area (Å²) >= 11 is 0. The first kappa shape index (κ1) is 9.27. The normalized spacial score (nSPS) is 8.85. The zero-order valence-electron chi connectivity index (χ0n) is 7.06. The Morgan fingerprint density at radius 1 is 1.46 bits per heavy atom. The number of nitriles is 1. The SMILES string of the molecule is N#Cc1ccccc1OCCC=O. The predicted molar refractivity (Wildman–Crippen MR) is 47.3 cm³/mol. The van der Waals surface area contributed by atoms with E-state index in [1.807, 2.05) is 6.07 Å². The summed E-state index contributed by atoms with van der Waals surface area (Å²) in [6.45, 7) is 0.322. The molecular formula is C10H9NO2. The van der Waals surface area contributed by atoms with Crippen molar-refractivity contribution in [2.45, 2.75) is 6.42 Å². The number of benzene rings is 1. The van der Waals surface area contributed by atoms with Gasteiger partial charge in [0.05, 0.1) is 12.2 Å². The summed E-state index contributed by atoms with van der Waals surface area (Å²) in [5, 5.41) is 8.68. The molecule has 0 atom stereocenters. The molecule has 0 saturated heterocycles. The van der Waals surface area contributed by atoms with Crippen molar-refractivity contribution in [1.29, 1.82) is 5.26 Å². The van der Waals surface area contributed by atoms with Crippen LogP contribution in [0.25, 0.3) is 0 Å². The standard InChI is InChI=1S/C10H9NO2/c11-8-9-4-1-2-5-10(9)13-7-3-6-12/h1-2,4-6H,3,7H2. The first-order chi connectivity index (χ1) is 6.38. The molecule has 3 heteroatoms. The fraction of sp³-hybridized carbons (Fsp3) is 0.200. The van der Waals surface area contributed by atoms with Crippen LogP contribution in [0.4, 0.5) is 0 Å². The van der Waals surface area contributed by atoms with Gasteiger partial charge >= 0.3 is 0 Å². The van der Waals surface area contributed by atoms with E-state index in [0.717, 1.165) is 6.29 Å². The van der Waals surface area contributed by atoms with E-state index < -0.39 is 0 Å². The van der Waals surface area contributed by atoms with Crippen LogP contribution in [0.2, 0.25) is 0 Å². The third-order valence-electron chi connectivity index (χ3n) is 1.50. The molecule has 13 heavy (non-hydrogen) atoms. The Morgan fingerprint density at radius 2 is 2.23 bits per heavy atom. The van der Waals surface area contributed by atoms with Crippen molar-refractivity contribution in [2.75, 3.05) is 6.61 Å². The molecule has 0 spiro atoms. The quantitative estimate of drug-likeness (QED) is 0.515. The highest BCUT2D eigenvalue weighted by Crippen LogP contribution is 2.16. The maximum Gasteiger partial charge on any atom is 0.137 e. The van der Waals surface area contributed by atoms with Gasteiger partial charge in [-0.1, -0.05) is 12.1 Å². The Balaban J connectivity index is 2.65. The number of rotatable bonds is 4. The van der Waals surface area contributed by atoms with Gasteiger partial charge in [-0.2, -0.15) is 5.26 Å². The summed E-state index contributed by atoms with van der Waals surface area (Å²) in [4.78, 5) is 10.0. The van der Waals surface area contributed by atoms with Crippen LogP contribution < -0.4 is 4.74 Å². The molecule has 0 bridgehead atoms. The van der Waals surface area contributed by atoms with Crippen LogP contribution >= 0.6 is 0 Å². The van der Waals surface area contributed by atoms with E-state index in [2.05, 4.69) is 0 Å². The highest BCUT2D eigenvalue weighted by Gasteiger charge is 1.99. The second-order valence-corrected chi connectivity index (χ2v) is 2.41. The van der Waals surface area contributed by atoms with E-state index in [-0.39, 0.29) is 0 Å². The summed E-state index contributed by atoms with van der Waals surface area (Å²) in [7, 11) is 0. The first-order valence-corrected chi connectivity index (χ1v) is 3.94. The Bertz CT molecular complexity index is 328. The fourth-order valence-corrected chi connectivity index (χ4v) is 0.902. The van der Waals surface area contributed by atoms with Gasteiger partial charge < -0.3 is 9.53 Å². The molecule has 0 N–H and O–H groups in total. The minimum Gasteiger partial charge on any atom is -0.492 e. The molecule has 0 aliphatic carbocycles. The largest absolute Gasteiger partial charge is 0.492 e. The molecule has 0 aromatic heterocycles. The Hall–Kier alpha value is -1.82. The molecule has 0 heterocycles. The van der Waals surface area contributed by atoms with Crippen molar-refractivity contribution in [1.82, 2.24) is 0 Å². The Kier molecular flexibility index (Phi) is 3.52. The Morgan fingerprint density at radius 3 is 2.92 bits per heavy atom. The van der Waals surface area contributed by atoms with Gasteiger partial charge in [0.25, 0.3) is 0 Å². The molecule has 0 fully saturated rings. The van der Waals surface area contributed by atoms with E-state index in [4.69, 9.17) is 10.00 Å².